The van der Waals surface area contributed by atoms with E-state index in [1.165, 1.54) is 16.8 Å². The number of rotatable bonds is 2. The maximum atomic E-state index is 10.9. The van der Waals surface area contributed by atoms with Gasteiger partial charge in [0.05, 0.1) is 4.92 Å². The van der Waals surface area contributed by atoms with Crippen LogP contribution in [0.1, 0.15) is 11.6 Å². The van der Waals surface area contributed by atoms with Crippen LogP contribution in [-0.2, 0) is 0 Å². The Morgan fingerprint density at radius 1 is 1.35 bits per heavy atom. The summed E-state index contributed by atoms with van der Waals surface area (Å²) in [6.07, 6.45) is 0. The van der Waals surface area contributed by atoms with Crippen LogP contribution >= 0.6 is 0 Å². The third-order valence-corrected chi connectivity index (χ3v) is 2.15. The summed E-state index contributed by atoms with van der Waals surface area (Å²) in [5.74, 6) is 1.30. The number of nitrogen functional groups attached to an aromatic ring is 1. The van der Waals surface area contributed by atoms with Gasteiger partial charge in [0, 0.05) is 6.07 Å². The molecule has 0 saturated carbocycles. The highest BCUT2D eigenvalue weighted by molar-refractivity contribution is 5.51. The molecule has 8 heteroatoms. The quantitative estimate of drug-likeness (QED) is 0.606. The van der Waals surface area contributed by atoms with E-state index in [1.54, 1.807) is 13.8 Å². The summed E-state index contributed by atoms with van der Waals surface area (Å²) in [5.41, 5.74) is 5.37. The SMILES string of the molecule is Cc1nc(C)n(-c2nc(N)ccc2[N+](=O)[O-])n1. The van der Waals surface area contributed by atoms with E-state index < -0.39 is 4.92 Å². The molecule has 0 bridgehead atoms. The molecule has 0 aliphatic rings. The highest BCUT2D eigenvalue weighted by atomic mass is 16.6. The molecule has 0 amide bonds. The van der Waals surface area contributed by atoms with E-state index in [2.05, 4.69) is 15.1 Å². The van der Waals surface area contributed by atoms with Gasteiger partial charge in [0.1, 0.15) is 17.5 Å². The van der Waals surface area contributed by atoms with Crippen molar-refractivity contribution >= 4 is 11.5 Å². The molecule has 2 rings (SSSR count). The van der Waals surface area contributed by atoms with Crippen molar-refractivity contribution in [1.82, 2.24) is 19.7 Å². The van der Waals surface area contributed by atoms with Crippen LogP contribution in [0.5, 0.6) is 0 Å². The first-order valence-corrected chi connectivity index (χ1v) is 4.80. The van der Waals surface area contributed by atoms with Gasteiger partial charge in [-0.1, -0.05) is 0 Å². The zero-order chi connectivity index (χ0) is 12.6. The Balaban J connectivity index is 2.69. The van der Waals surface area contributed by atoms with E-state index in [-0.39, 0.29) is 17.3 Å². The fourth-order valence-corrected chi connectivity index (χ4v) is 1.48. The number of aromatic nitrogens is 4. The summed E-state index contributed by atoms with van der Waals surface area (Å²) in [5, 5.41) is 14.9. The van der Waals surface area contributed by atoms with Gasteiger partial charge in [-0.05, 0) is 19.9 Å². The minimum atomic E-state index is -0.530. The molecule has 0 saturated heterocycles. The molecule has 0 unspecified atom stereocenters. The lowest BCUT2D eigenvalue weighted by atomic mass is 10.4. The van der Waals surface area contributed by atoms with Crippen LogP contribution in [0.25, 0.3) is 5.82 Å². The van der Waals surface area contributed by atoms with Crippen LogP contribution in [0, 0.1) is 24.0 Å². The van der Waals surface area contributed by atoms with Crippen molar-refractivity contribution in [3.63, 3.8) is 0 Å². The standard InChI is InChI=1S/C9H10N6O2/c1-5-11-6(2)14(13-5)9-7(15(16)17)3-4-8(10)12-9/h3-4H,1-2H3,(H2,10,12). The second-order valence-corrected chi connectivity index (χ2v) is 3.45. The molecule has 0 radical (unpaired) electrons. The molecule has 0 spiro atoms. The molecular formula is C9H10N6O2. The molecule has 0 aliphatic carbocycles. The maximum absolute atomic E-state index is 10.9. The number of aryl methyl sites for hydroxylation is 2. The van der Waals surface area contributed by atoms with E-state index in [1.807, 2.05) is 0 Å². The fraction of sp³-hybridized carbons (Fsp3) is 0.222. The Hall–Kier alpha value is -2.51. The van der Waals surface area contributed by atoms with E-state index in [0.29, 0.717) is 11.6 Å². The van der Waals surface area contributed by atoms with Crippen LogP contribution in [0.4, 0.5) is 11.5 Å². The lowest BCUT2D eigenvalue weighted by Gasteiger charge is -2.03. The normalized spacial score (nSPS) is 10.5. The van der Waals surface area contributed by atoms with Crippen molar-refractivity contribution in [3.8, 4) is 5.82 Å². The summed E-state index contributed by atoms with van der Waals surface area (Å²) in [6.45, 7) is 3.39. The lowest BCUT2D eigenvalue weighted by Crippen LogP contribution is -2.07. The highest BCUT2D eigenvalue weighted by Gasteiger charge is 2.20. The average molecular weight is 234 g/mol. The second kappa shape index (κ2) is 3.81. The van der Waals surface area contributed by atoms with Crippen molar-refractivity contribution in [1.29, 1.82) is 0 Å². The van der Waals surface area contributed by atoms with Crippen LogP contribution < -0.4 is 5.73 Å². The fourth-order valence-electron chi connectivity index (χ4n) is 1.48. The third kappa shape index (κ3) is 1.92. The summed E-state index contributed by atoms with van der Waals surface area (Å²) < 4.78 is 1.31. The van der Waals surface area contributed by atoms with Crippen LogP contribution in [0.15, 0.2) is 12.1 Å². The number of pyridine rings is 1. The van der Waals surface area contributed by atoms with Crippen molar-refractivity contribution in [2.24, 2.45) is 0 Å². The average Bonchev–Trinajstić information content (AvgIpc) is 2.57. The molecule has 2 aromatic rings. The van der Waals surface area contributed by atoms with Gasteiger partial charge in [0.15, 0.2) is 0 Å². The first kappa shape index (κ1) is 11.0. The molecule has 17 heavy (non-hydrogen) atoms. The number of nitrogens with zero attached hydrogens (tertiary/aromatic N) is 5. The topological polar surface area (TPSA) is 113 Å². The van der Waals surface area contributed by atoms with Crippen molar-refractivity contribution in [2.45, 2.75) is 13.8 Å². The zero-order valence-electron chi connectivity index (χ0n) is 9.28. The Kier molecular flexibility index (Phi) is 2.47. The number of nitro groups is 1. The molecule has 88 valence electrons. The van der Waals surface area contributed by atoms with Crippen molar-refractivity contribution < 1.29 is 4.92 Å². The van der Waals surface area contributed by atoms with Crippen LogP contribution in [0.2, 0.25) is 0 Å². The molecule has 0 aliphatic heterocycles. The van der Waals surface area contributed by atoms with Gasteiger partial charge >= 0.3 is 5.69 Å². The largest absolute Gasteiger partial charge is 0.384 e. The Bertz CT molecular complexity index is 591. The Morgan fingerprint density at radius 2 is 2.06 bits per heavy atom. The molecule has 0 aromatic carbocycles. The summed E-state index contributed by atoms with van der Waals surface area (Å²) in [7, 11) is 0. The van der Waals surface area contributed by atoms with Crippen molar-refractivity contribution in [2.75, 3.05) is 5.73 Å². The molecule has 2 N–H and O–H groups in total. The second-order valence-electron chi connectivity index (χ2n) is 3.45. The van der Waals surface area contributed by atoms with Gasteiger partial charge in [-0.25, -0.2) is 9.97 Å². The summed E-state index contributed by atoms with van der Waals surface area (Å²) in [4.78, 5) is 18.4. The number of anilines is 1. The van der Waals surface area contributed by atoms with E-state index in [9.17, 15) is 10.1 Å². The molecule has 0 fully saturated rings. The Morgan fingerprint density at radius 3 is 2.59 bits per heavy atom. The number of hydrogen-bond donors (Lipinski definition) is 1. The molecule has 0 atom stereocenters. The first-order chi connectivity index (χ1) is 7.99. The first-order valence-electron chi connectivity index (χ1n) is 4.80. The van der Waals surface area contributed by atoms with Gasteiger partial charge in [-0.3, -0.25) is 10.1 Å². The van der Waals surface area contributed by atoms with Crippen LogP contribution in [0.3, 0.4) is 0 Å². The minimum absolute atomic E-state index is 0.0769. The van der Waals surface area contributed by atoms with E-state index in [4.69, 9.17) is 5.73 Å². The monoisotopic (exact) mass is 234 g/mol. The Labute approximate surface area is 96.3 Å². The summed E-state index contributed by atoms with van der Waals surface area (Å²) >= 11 is 0. The molecule has 2 aromatic heterocycles. The zero-order valence-corrected chi connectivity index (χ0v) is 9.28. The van der Waals surface area contributed by atoms with E-state index in [0.717, 1.165) is 0 Å². The maximum Gasteiger partial charge on any atom is 0.313 e. The highest BCUT2D eigenvalue weighted by Crippen LogP contribution is 2.22. The van der Waals surface area contributed by atoms with Gasteiger partial charge < -0.3 is 5.73 Å². The smallest absolute Gasteiger partial charge is 0.313 e. The predicted octanol–water partition coefficient (Wildman–Crippen LogP) is 0.770. The molecular weight excluding hydrogens is 224 g/mol. The van der Waals surface area contributed by atoms with Gasteiger partial charge in [0.25, 0.3) is 0 Å². The number of hydrogen-bond acceptors (Lipinski definition) is 6. The van der Waals surface area contributed by atoms with Gasteiger partial charge in [-0.2, -0.15) is 4.68 Å². The van der Waals surface area contributed by atoms with E-state index >= 15 is 0 Å². The third-order valence-electron chi connectivity index (χ3n) is 2.15. The van der Waals surface area contributed by atoms with Crippen molar-refractivity contribution in [3.05, 3.63) is 33.9 Å². The van der Waals surface area contributed by atoms with Gasteiger partial charge in [-0.15, -0.1) is 5.10 Å². The molecule has 2 heterocycles. The predicted molar refractivity (Wildman–Crippen MR) is 59.7 cm³/mol. The number of nitrogens with two attached hydrogens (primary N) is 1. The lowest BCUT2D eigenvalue weighted by molar-refractivity contribution is -0.384. The summed E-state index contributed by atoms with van der Waals surface area (Å²) in [6, 6.07) is 2.68. The van der Waals surface area contributed by atoms with Crippen LogP contribution in [-0.4, -0.2) is 24.7 Å². The van der Waals surface area contributed by atoms with Gasteiger partial charge in [0.2, 0.25) is 5.82 Å². The minimum Gasteiger partial charge on any atom is -0.384 e. The molecule has 8 nitrogen and oxygen atoms in total.